The lowest BCUT2D eigenvalue weighted by molar-refractivity contribution is -0.132. The van der Waals surface area contributed by atoms with Gasteiger partial charge in [0, 0.05) is 19.5 Å². The van der Waals surface area contributed by atoms with Gasteiger partial charge in [-0.25, -0.2) is 0 Å². The van der Waals surface area contributed by atoms with Crippen LogP contribution in [0.2, 0.25) is 0 Å². The second-order valence-electron chi connectivity index (χ2n) is 5.99. The molecule has 3 nitrogen and oxygen atoms in total. The number of rotatable bonds is 10. The van der Waals surface area contributed by atoms with Crippen molar-refractivity contribution in [2.24, 2.45) is 11.1 Å². The monoisotopic (exact) mass is 256 g/mol. The number of hydrogen-bond acceptors (Lipinski definition) is 2. The SMILES string of the molecule is CCCCCCC(=O)N(CCC)CC(C)(C)CN. The minimum absolute atomic E-state index is 0.0221. The average molecular weight is 256 g/mol. The van der Waals surface area contributed by atoms with E-state index >= 15 is 0 Å². The van der Waals surface area contributed by atoms with Crippen LogP contribution in [0.4, 0.5) is 0 Å². The van der Waals surface area contributed by atoms with Crippen LogP contribution >= 0.6 is 0 Å². The molecule has 108 valence electrons. The number of carbonyl (C=O) groups excluding carboxylic acids is 1. The predicted molar refractivity (Wildman–Crippen MR) is 78.5 cm³/mol. The zero-order chi connectivity index (χ0) is 14.0. The molecule has 0 fully saturated rings. The summed E-state index contributed by atoms with van der Waals surface area (Å²) in [6.45, 7) is 10.8. The van der Waals surface area contributed by atoms with E-state index in [1.54, 1.807) is 0 Å². The fraction of sp³-hybridized carbons (Fsp3) is 0.933. The van der Waals surface area contributed by atoms with Crippen molar-refractivity contribution < 1.29 is 4.79 Å². The molecule has 2 N–H and O–H groups in total. The Morgan fingerprint density at radius 3 is 2.28 bits per heavy atom. The lowest BCUT2D eigenvalue weighted by atomic mass is 9.93. The normalized spacial score (nSPS) is 11.6. The first kappa shape index (κ1) is 17.4. The van der Waals surface area contributed by atoms with Crippen molar-refractivity contribution in [2.75, 3.05) is 19.6 Å². The fourth-order valence-corrected chi connectivity index (χ4v) is 2.00. The van der Waals surface area contributed by atoms with Gasteiger partial charge in [0.2, 0.25) is 5.91 Å². The molecule has 0 atom stereocenters. The quantitative estimate of drug-likeness (QED) is 0.610. The van der Waals surface area contributed by atoms with Crippen LogP contribution in [0, 0.1) is 5.41 Å². The summed E-state index contributed by atoms with van der Waals surface area (Å²) in [5, 5.41) is 0. The maximum Gasteiger partial charge on any atom is 0.222 e. The Hall–Kier alpha value is -0.570. The minimum Gasteiger partial charge on any atom is -0.342 e. The van der Waals surface area contributed by atoms with Gasteiger partial charge < -0.3 is 10.6 Å². The van der Waals surface area contributed by atoms with Gasteiger partial charge in [-0.15, -0.1) is 0 Å². The van der Waals surface area contributed by atoms with Crippen molar-refractivity contribution in [3.63, 3.8) is 0 Å². The van der Waals surface area contributed by atoms with Gasteiger partial charge in [0.25, 0.3) is 0 Å². The van der Waals surface area contributed by atoms with Crippen molar-refractivity contribution in [3.8, 4) is 0 Å². The third-order valence-corrected chi connectivity index (χ3v) is 3.26. The summed E-state index contributed by atoms with van der Waals surface area (Å²) < 4.78 is 0. The molecule has 0 unspecified atom stereocenters. The zero-order valence-electron chi connectivity index (χ0n) is 12.8. The Labute approximate surface area is 113 Å². The Morgan fingerprint density at radius 2 is 1.78 bits per heavy atom. The van der Waals surface area contributed by atoms with E-state index in [9.17, 15) is 4.79 Å². The molecule has 0 aromatic heterocycles. The highest BCUT2D eigenvalue weighted by Gasteiger charge is 2.22. The van der Waals surface area contributed by atoms with E-state index in [4.69, 9.17) is 5.73 Å². The average Bonchev–Trinajstić information content (AvgIpc) is 2.33. The predicted octanol–water partition coefficient (Wildman–Crippen LogP) is 3.18. The zero-order valence-corrected chi connectivity index (χ0v) is 12.8. The van der Waals surface area contributed by atoms with Crippen LogP contribution in [0.3, 0.4) is 0 Å². The van der Waals surface area contributed by atoms with Gasteiger partial charge >= 0.3 is 0 Å². The molecule has 0 bridgehead atoms. The molecule has 0 aliphatic heterocycles. The molecule has 0 spiro atoms. The first-order valence-electron chi connectivity index (χ1n) is 7.44. The van der Waals surface area contributed by atoms with Crippen LogP contribution in [0.25, 0.3) is 0 Å². The summed E-state index contributed by atoms with van der Waals surface area (Å²) in [5.74, 6) is 0.300. The Balaban J connectivity index is 4.18. The summed E-state index contributed by atoms with van der Waals surface area (Å²) in [6.07, 6.45) is 6.35. The summed E-state index contributed by atoms with van der Waals surface area (Å²) >= 11 is 0. The molecular formula is C15H32N2O. The first-order chi connectivity index (χ1) is 8.46. The number of nitrogens with zero attached hydrogens (tertiary/aromatic N) is 1. The third kappa shape index (κ3) is 7.70. The van der Waals surface area contributed by atoms with Crippen molar-refractivity contribution in [2.45, 2.75) is 66.2 Å². The molecule has 0 aliphatic carbocycles. The van der Waals surface area contributed by atoms with Crippen LogP contribution in [0.15, 0.2) is 0 Å². The van der Waals surface area contributed by atoms with Crippen LogP contribution < -0.4 is 5.73 Å². The van der Waals surface area contributed by atoms with Gasteiger partial charge in [0.05, 0.1) is 0 Å². The van der Waals surface area contributed by atoms with Crippen LogP contribution in [0.1, 0.15) is 66.2 Å². The lowest BCUT2D eigenvalue weighted by Crippen LogP contribution is -2.42. The summed E-state index contributed by atoms with van der Waals surface area (Å²) in [5.41, 5.74) is 5.77. The molecule has 3 heteroatoms. The molecule has 0 saturated heterocycles. The van der Waals surface area contributed by atoms with Gasteiger partial charge in [-0.3, -0.25) is 4.79 Å². The molecule has 0 heterocycles. The van der Waals surface area contributed by atoms with E-state index in [2.05, 4.69) is 27.7 Å². The number of amides is 1. The van der Waals surface area contributed by atoms with Crippen molar-refractivity contribution >= 4 is 5.91 Å². The molecule has 0 aromatic rings. The molecule has 1 amide bonds. The van der Waals surface area contributed by atoms with Crippen molar-refractivity contribution in [3.05, 3.63) is 0 Å². The van der Waals surface area contributed by atoms with E-state index in [-0.39, 0.29) is 5.41 Å². The highest BCUT2D eigenvalue weighted by molar-refractivity contribution is 5.76. The van der Waals surface area contributed by atoms with Crippen LogP contribution in [-0.4, -0.2) is 30.4 Å². The van der Waals surface area contributed by atoms with E-state index < -0.39 is 0 Å². The largest absolute Gasteiger partial charge is 0.342 e. The standard InChI is InChI=1S/C15H32N2O/c1-5-7-8-9-10-14(18)17(11-6-2)13-15(3,4)12-16/h5-13,16H2,1-4H3. The van der Waals surface area contributed by atoms with Gasteiger partial charge in [-0.1, -0.05) is 47.0 Å². The summed E-state index contributed by atoms with van der Waals surface area (Å²) in [6, 6.07) is 0. The van der Waals surface area contributed by atoms with Crippen LogP contribution in [-0.2, 0) is 4.79 Å². The molecule has 0 aromatic carbocycles. The van der Waals surface area contributed by atoms with Crippen LogP contribution in [0.5, 0.6) is 0 Å². The number of hydrogen-bond donors (Lipinski definition) is 1. The molecule has 0 radical (unpaired) electrons. The van der Waals surface area contributed by atoms with Crippen molar-refractivity contribution in [1.29, 1.82) is 0 Å². The van der Waals surface area contributed by atoms with E-state index in [0.29, 0.717) is 18.9 Å². The smallest absolute Gasteiger partial charge is 0.222 e. The molecule has 0 aliphatic rings. The summed E-state index contributed by atoms with van der Waals surface area (Å²) in [7, 11) is 0. The minimum atomic E-state index is 0.0221. The molecule has 0 rings (SSSR count). The van der Waals surface area contributed by atoms with E-state index in [0.717, 1.165) is 25.9 Å². The second-order valence-corrected chi connectivity index (χ2v) is 5.99. The molecule has 0 saturated carbocycles. The Kier molecular flexibility index (Phi) is 9.08. The lowest BCUT2D eigenvalue weighted by Gasteiger charge is -2.31. The fourth-order valence-electron chi connectivity index (χ4n) is 2.00. The number of unbranched alkanes of at least 4 members (excludes halogenated alkanes) is 3. The number of nitrogens with two attached hydrogens (primary N) is 1. The van der Waals surface area contributed by atoms with Gasteiger partial charge in [0.15, 0.2) is 0 Å². The highest BCUT2D eigenvalue weighted by Crippen LogP contribution is 2.16. The van der Waals surface area contributed by atoms with Gasteiger partial charge in [-0.05, 0) is 24.8 Å². The molecule has 18 heavy (non-hydrogen) atoms. The second kappa shape index (κ2) is 9.37. The number of carbonyl (C=O) groups is 1. The first-order valence-corrected chi connectivity index (χ1v) is 7.44. The third-order valence-electron chi connectivity index (χ3n) is 3.26. The maximum atomic E-state index is 12.2. The molecular weight excluding hydrogens is 224 g/mol. The van der Waals surface area contributed by atoms with E-state index in [1.165, 1.54) is 19.3 Å². The van der Waals surface area contributed by atoms with E-state index in [1.807, 2.05) is 4.90 Å². The summed E-state index contributed by atoms with van der Waals surface area (Å²) in [4.78, 5) is 14.2. The van der Waals surface area contributed by atoms with Gasteiger partial charge in [-0.2, -0.15) is 0 Å². The highest BCUT2D eigenvalue weighted by atomic mass is 16.2. The Morgan fingerprint density at radius 1 is 1.11 bits per heavy atom. The van der Waals surface area contributed by atoms with Gasteiger partial charge in [0.1, 0.15) is 0 Å². The Bertz CT molecular complexity index is 227. The van der Waals surface area contributed by atoms with Crippen molar-refractivity contribution in [1.82, 2.24) is 4.90 Å². The topological polar surface area (TPSA) is 46.3 Å². The maximum absolute atomic E-state index is 12.2.